The van der Waals surface area contributed by atoms with E-state index in [1.165, 1.54) is 0 Å². The van der Waals surface area contributed by atoms with Crippen LogP contribution in [0, 0.1) is 0 Å². The summed E-state index contributed by atoms with van der Waals surface area (Å²) in [5, 5.41) is 11.3. The fourth-order valence-electron chi connectivity index (χ4n) is 1.66. The van der Waals surface area contributed by atoms with E-state index in [-0.39, 0.29) is 18.9 Å². The number of aromatic nitrogens is 2. The van der Waals surface area contributed by atoms with Crippen LogP contribution in [0.2, 0.25) is 0 Å². The van der Waals surface area contributed by atoms with E-state index in [4.69, 9.17) is 5.11 Å². The molecule has 1 aromatic rings. The van der Waals surface area contributed by atoms with Crippen LogP contribution in [0.15, 0.2) is 10.9 Å². The summed E-state index contributed by atoms with van der Waals surface area (Å²) in [6.45, 7) is 0.900. The van der Waals surface area contributed by atoms with Crippen molar-refractivity contribution in [1.82, 2.24) is 9.55 Å². The summed E-state index contributed by atoms with van der Waals surface area (Å²) in [4.78, 5) is 14.9. The maximum atomic E-state index is 12.8. The Kier molecular flexibility index (Phi) is 2.33. The van der Waals surface area contributed by atoms with E-state index in [1.807, 2.05) is 0 Å². The van der Waals surface area contributed by atoms with E-state index in [9.17, 15) is 18.0 Å². The lowest BCUT2D eigenvalue weighted by atomic mass is 9.95. The van der Waals surface area contributed by atoms with Gasteiger partial charge in [-0.25, -0.2) is 0 Å². The van der Waals surface area contributed by atoms with Crippen LogP contribution in [0.5, 0.6) is 5.88 Å². The van der Waals surface area contributed by atoms with Gasteiger partial charge in [0.25, 0.3) is 5.56 Å². The first kappa shape index (κ1) is 11.7. The lowest BCUT2D eigenvalue weighted by Gasteiger charge is -2.37. The molecule has 0 bridgehead atoms. The molecule has 17 heavy (non-hydrogen) atoms. The molecule has 5 nitrogen and oxygen atoms in total. The van der Waals surface area contributed by atoms with Gasteiger partial charge in [-0.2, -0.15) is 18.2 Å². The van der Waals surface area contributed by atoms with E-state index in [1.54, 1.807) is 0 Å². The molecule has 0 saturated heterocycles. The zero-order valence-corrected chi connectivity index (χ0v) is 8.88. The number of aromatic hydroxyl groups is 1. The highest BCUT2D eigenvalue weighted by Gasteiger charge is 2.53. The summed E-state index contributed by atoms with van der Waals surface area (Å²) in [5.74, 6) is -0.860. The number of hydrogen-bond acceptors (Lipinski definition) is 4. The van der Waals surface area contributed by atoms with Crippen LogP contribution in [-0.4, -0.2) is 26.4 Å². The molecule has 8 heteroatoms. The minimum Gasteiger partial charge on any atom is -0.493 e. The molecule has 2 rings (SSSR count). The van der Waals surface area contributed by atoms with Crippen molar-refractivity contribution >= 4 is 5.95 Å². The third-order valence-electron chi connectivity index (χ3n) is 2.84. The van der Waals surface area contributed by atoms with Gasteiger partial charge in [0.2, 0.25) is 11.8 Å². The van der Waals surface area contributed by atoms with Gasteiger partial charge in [0, 0.05) is 6.54 Å². The Bertz CT molecular complexity index is 511. The van der Waals surface area contributed by atoms with Gasteiger partial charge in [-0.1, -0.05) is 0 Å². The molecular weight excluding hydrogens is 239 g/mol. The van der Waals surface area contributed by atoms with Crippen molar-refractivity contribution in [2.24, 2.45) is 0 Å². The second-order valence-electron chi connectivity index (χ2n) is 4.13. The van der Waals surface area contributed by atoms with E-state index in [0.29, 0.717) is 0 Å². The molecule has 0 spiro atoms. The Morgan fingerprint density at radius 1 is 1.59 bits per heavy atom. The molecular formula is C9H10F3N3O2. The summed E-state index contributed by atoms with van der Waals surface area (Å²) in [5.41, 5.74) is -2.72. The molecule has 1 atom stereocenters. The van der Waals surface area contributed by atoms with Gasteiger partial charge < -0.3 is 10.4 Å². The summed E-state index contributed by atoms with van der Waals surface area (Å²) in [7, 11) is 0. The number of fused-ring (bicyclic) bond motifs is 1. The summed E-state index contributed by atoms with van der Waals surface area (Å²) < 4.78 is 39.4. The first-order valence-electron chi connectivity index (χ1n) is 4.89. The third-order valence-corrected chi connectivity index (χ3v) is 2.84. The number of hydrogen-bond donors (Lipinski definition) is 2. The zero-order valence-electron chi connectivity index (χ0n) is 8.88. The van der Waals surface area contributed by atoms with Gasteiger partial charge in [-0.05, 0) is 13.3 Å². The van der Waals surface area contributed by atoms with Crippen LogP contribution in [0.4, 0.5) is 19.1 Å². The second-order valence-corrected chi connectivity index (χ2v) is 4.13. The number of nitrogens with one attached hydrogen (secondary N) is 1. The number of rotatable bonds is 0. The van der Waals surface area contributed by atoms with E-state index in [0.717, 1.165) is 17.6 Å². The van der Waals surface area contributed by atoms with Crippen LogP contribution in [-0.2, 0) is 6.54 Å². The number of nitrogens with zero attached hydrogens (tertiary/aromatic N) is 2. The van der Waals surface area contributed by atoms with Crippen molar-refractivity contribution in [3.05, 3.63) is 16.4 Å². The minimum absolute atomic E-state index is 0.0928. The Labute approximate surface area is 93.9 Å². The summed E-state index contributed by atoms with van der Waals surface area (Å²) in [6, 6.07) is 0.863. The monoisotopic (exact) mass is 249 g/mol. The smallest absolute Gasteiger partial charge is 0.411 e. The van der Waals surface area contributed by atoms with Crippen LogP contribution < -0.4 is 10.9 Å². The van der Waals surface area contributed by atoms with Gasteiger partial charge in [0.05, 0.1) is 6.07 Å². The van der Waals surface area contributed by atoms with Gasteiger partial charge in [-0.3, -0.25) is 9.36 Å². The van der Waals surface area contributed by atoms with Crippen LogP contribution in [0.3, 0.4) is 0 Å². The van der Waals surface area contributed by atoms with Gasteiger partial charge in [0.15, 0.2) is 0 Å². The highest BCUT2D eigenvalue weighted by atomic mass is 19.4. The quantitative estimate of drug-likeness (QED) is 0.722. The van der Waals surface area contributed by atoms with Crippen molar-refractivity contribution in [3.63, 3.8) is 0 Å². The molecule has 1 aliphatic heterocycles. The zero-order chi connectivity index (χ0) is 12.8. The molecule has 2 heterocycles. The van der Waals surface area contributed by atoms with Crippen LogP contribution in [0.1, 0.15) is 13.3 Å². The fourth-order valence-corrected chi connectivity index (χ4v) is 1.66. The molecule has 2 N–H and O–H groups in total. The van der Waals surface area contributed by atoms with E-state index >= 15 is 0 Å². The Morgan fingerprint density at radius 2 is 2.24 bits per heavy atom. The first-order chi connectivity index (χ1) is 7.73. The first-order valence-corrected chi connectivity index (χ1v) is 4.89. The van der Waals surface area contributed by atoms with Crippen molar-refractivity contribution in [2.75, 3.05) is 5.32 Å². The van der Waals surface area contributed by atoms with Crippen molar-refractivity contribution < 1.29 is 18.3 Å². The molecule has 0 aliphatic carbocycles. The Morgan fingerprint density at radius 3 is 2.82 bits per heavy atom. The molecule has 0 amide bonds. The average molecular weight is 249 g/mol. The molecule has 1 aromatic heterocycles. The third kappa shape index (κ3) is 1.83. The normalized spacial score (nSPS) is 24.0. The lowest BCUT2D eigenvalue weighted by molar-refractivity contribution is -0.178. The molecule has 0 unspecified atom stereocenters. The summed E-state index contributed by atoms with van der Waals surface area (Å²) in [6.07, 6.45) is -4.72. The second kappa shape index (κ2) is 3.38. The molecule has 94 valence electrons. The highest BCUT2D eigenvalue weighted by molar-refractivity contribution is 5.36. The largest absolute Gasteiger partial charge is 0.493 e. The number of anilines is 1. The maximum absolute atomic E-state index is 12.8. The average Bonchev–Trinajstić information content (AvgIpc) is 2.14. The molecule has 0 saturated carbocycles. The standard InChI is InChI=1S/C9H10F3N3O2/c1-8(9(10,11)12)2-3-15-6(17)4-5(16)13-7(15)14-8/h4,16H,2-3H2,1H3,(H,13,14)/t8-/m1/s1. The van der Waals surface area contributed by atoms with Crippen molar-refractivity contribution in [1.29, 1.82) is 0 Å². The lowest BCUT2D eigenvalue weighted by Crippen LogP contribution is -2.54. The van der Waals surface area contributed by atoms with E-state index < -0.39 is 23.2 Å². The van der Waals surface area contributed by atoms with Crippen molar-refractivity contribution in [2.45, 2.75) is 31.6 Å². The number of alkyl halides is 3. The predicted molar refractivity (Wildman–Crippen MR) is 52.9 cm³/mol. The van der Waals surface area contributed by atoms with Crippen LogP contribution >= 0.6 is 0 Å². The predicted octanol–water partition coefficient (Wildman–Crippen LogP) is 1.09. The molecule has 1 aliphatic rings. The molecule has 0 fully saturated rings. The van der Waals surface area contributed by atoms with E-state index in [2.05, 4.69) is 10.3 Å². The Balaban J connectivity index is 2.47. The molecule has 0 aromatic carbocycles. The fraction of sp³-hybridized carbons (Fsp3) is 0.556. The maximum Gasteiger partial charge on any atom is 0.411 e. The topological polar surface area (TPSA) is 67.1 Å². The van der Waals surface area contributed by atoms with Crippen molar-refractivity contribution in [3.8, 4) is 5.88 Å². The van der Waals surface area contributed by atoms with Gasteiger partial charge >= 0.3 is 6.18 Å². The minimum atomic E-state index is -4.46. The Hall–Kier alpha value is -1.73. The highest BCUT2D eigenvalue weighted by Crippen LogP contribution is 2.38. The van der Waals surface area contributed by atoms with Crippen LogP contribution in [0.25, 0.3) is 0 Å². The summed E-state index contributed by atoms with van der Waals surface area (Å²) >= 11 is 0. The van der Waals surface area contributed by atoms with Gasteiger partial charge in [0.1, 0.15) is 5.54 Å². The SMILES string of the molecule is C[C@]1(C(F)(F)F)CCn2c(nc(O)cc2=O)N1. The number of halogens is 3. The molecule has 0 radical (unpaired) electrons. The van der Waals surface area contributed by atoms with Gasteiger partial charge in [-0.15, -0.1) is 0 Å².